The van der Waals surface area contributed by atoms with Crippen LogP contribution in [0.4, 0.5) is 11.4 Å². The van der Waals surface area contributed by atoms with Crippen molar-refractivity contribution in [2.75, 3.05) is 24.7 Å². The summed E-state index contributed by atoms with van der Waals surface area (Å²) in [7, 11) is 3.20. The van der Waals surface area contributed by atoms with E-state index in [0.717, 1.165) is 11.1 Å². The van der Waals surface area contributed by atoms with Gasteiger partial charge < -0.3 is 21.3 Å². The van der Waals surface area contributed by atoms with Gasteiger partial charge in [-0.1, -0.05) is 24.3 Å². The first-order chi connectivity index (χ1) is 16.4. The van der Waals surface area contributed by atoms with E-state index in [9.17, 15) is 19.2 Å². The number of amides is 4. The number of carbonyl (C=O) groups is 4. The Balaban J connectivity index is 1.44. The molecule has 8 heteroatoms. The first-order valence-electron chi connectivity index (χ1n) is 11.6. The molecule has 0 atom stereocenters. The molecule has 0 bridgehead atoms. The van der Waals surface area contributed by atoms with Gasteiger partial charge in [-0.25, -0.2) is 0 Å². The molecule has 0 aromatic heterocycles. The molecule has 4 amide bonds. The molecular weight excluding hydrogens is 432 g/mol. The number of benzene rings is 2. The summed E-state index contributed by atoms with van der Waals surface area (Å²) in [5.41, 5.74) is 3.16. The molecule has 1 aliphatic carbocycles. The highest BCUT2D eigenvalue weighted by molar-refractivity contribution is 5.94. The van der Waals surface area contributed by atoms with Gasteiger partial charge in [0.2, 0.25) is 23.6 Å². The Kier molecular flexibility index (Phi) is 8.79. The Morgan fingerprint density at radius 2 is 0.941 bits per heavy atom. The average Bonchev–Trinajstić information content (AvgIpc) is 2.86. The van der Waals surface area contributed by atoms with Crippen LogP contribution in [0.5, 0.6) is 0 Å². The lowest BCUT2D eigenvalue weighted by Gasteiger charge is -2.27. The highest BCUT2D eigenvalue weighted by Crippen LogP contribution is 2.30. The van der Waals surface area contributed by atoms with E-state index in [1.807, 2.05) is 24.3 Å². The zero-order valence-electron chi connectivity index (χ0n) is 19.6. The predicted molar refractivity (Wildman–Crippen MR) is 131 cm³/mol. The molecule has 0 radical (unpaired) electrons. The van der Waals surface area contributed by atoms with E-state index >= 15 is 0 Å². The smallest absolute Gasteiger partial charge is 0.227 e. The van der Waals surface area contributed by atoms with Crippen LogP contribution in [0.2, 0.25) is 0 Å². The van der Waals surface area contributed by atoms with E-state index in [1.54, 1.807) is 38.4 Å². The Labute approximate surface area is 199 Å². The third kappa shape index (κ3) is 7.16. The maximum Gasteiger partial charge on any atom is 0.227 e. The average molecular weight is 465 g/mol. The normalized spacial score (nSPS) is 17.4. The Hall–Kier alpha value is -3.68. The number of hydrogen-bond donors (Lipinski definition) is 4. The lowest BCUT2D eigenvalue weighted by molar-refractivity contribution is -0.125. The molecule has 8 nitrogen and oxygen atoms in total. The van der Waals surface area contributed by atoms with Crippen LogP contribution in [0.1, 0.15) is 36.8 Å². The van der Waals surface area contributed by atoms with Crippen LogP contribution in [0, 0.1) is 11.8 Å². The van der Waals surface area contributed by atoms with Gasteiger partial charge in [0.15, 0.2) is 0 Å². The molecule has 0 unspecified atom stereocenters. The highest BCUT2D eigenvalue weighted by Gasteiger charge is 2.30. The molecule has 0 spiro atoms. The fourth-order valence-corrected chi connectivity index (χ4v) is 4.07. The summed E-state index contributed by atoms with van der Waals surface area (Å²) in [6.07, 6.45) is 3.23. The quantitative estimate of drug-likeness (QED) is 0.481. The van der Waals surface area contributed by atoms with Crippen molar-refractivity contribution in [3.8, 4) is 0 Å². The van der Waals surface area contributed by atoms with E-state index in [2.05, 4.69) is 21.3 Å². The largest absolute Gasteiger partial charge is 0.359 e. The molecule has 2 aromatic carbocycles. The maximum atomic E-state index is 12.7. The first-order valence-corrected chi connectivity index (χ1v) is 11.6. The molecule has 0 aliphatic heterocycles. The number of hydrogen-bond acceptors (Lipinski definition) is 4. The molecule has 2 aromatic rings. The van der Waals surface area contributed by atoms with Crippen LogP contribution in [-0.4, -0.2) is 37.7 Å². The molecule has 1 fully saturated rings. The van der Waals surface area contributed by atoms with Crippen LogP contribution in [-0.2, 0) is 32.0 Å². The van der Waals surface area contributed by atoms with Crippen molar-refractivity contribution in [1.29, 1.82) is 0 Å². The van der Waals surface area contributed by atoms with Crippen LogP contribution in [0.15, 0.2) is 48.5 Å². The van der Waals surface area contributed by atoms with Gasteiger partial charge >= 0.3 is 0 Å². The van der Waals surface area contributed by atoms with Gasteiger partial charge in [0.1, 0.15) is 0 Å². The summed E-state index contributed by atoms with van der Waals surface area (Å²) in [5, 5.41) is 11.1. The van der Waals surface area contributed by atoms with Crippen LogP contribution in [0.3, 0.4) is 0 Å². The molecule has 180 valence electrons. The van der Waals surface area contributed by atoms with Gasteiger partial charge in [-0.2, -0.15) is 0 Å². The standard InChI is InChI=1S/C26H32N4O4/c1-27-23(31)15-17-3-11-21(12-4-17)29-25(33)19-7-9-20(10-8-19)26(34)30-22-13-5-18(6-14-22)16-24(32)28-2/h3-6,11-14,19-20H,7-10,15-16H2,1-2H3,(H,27,31)(H,28,32)(H,29,33)(H,30,34). The van der Waals surface area contributed by atoms with Crippen molar-refractivity contribution in [3.63, 3.8) is 0 Å². The van der Waals surface area contributed by atoms with Crippen molar-refractivity contribution in [3.05, 3.63) is 59.7 Å². The minimum atomic E-state index is -0.126. The van der Waals surface area contributed by atoms with Crippen molar-refractivity contribution in [2.45, 2.75) is 38.5 Å². The third-order valence-electron chi connectivity index (χ3n) is 6.20. The molecule has 1 saturated carbocycles. The monoisotopic (exact) mass is 464 g/mol. The molecule has 1 aliphatic rings. The van der Waals surface area contributed by atoms with E-state index in [1.165, 1.54) is 0 Å². The van der Waals surface area contributed by atoms with Gasteiger partial charge in [0.25, 0.3) is 0 Å². The highest BCUT2D eigenvalue weighted by atomic mass is 16.2. The van der Waals surface area contributed by atoms with Gasteiger partial charge in [-0.3, -0.25) is 19.2 Å². The van der Waals surface area contributed by atoms with Crippen molar-refractivity contribution in [1.82, 2.24) is 10.6 Å². The van der Waals surface area contributed by atoms with E-state index < -0.39 is 0 Å². The Bertz CT molecular complexity index is 927. The SMILES string of the molecule is CNC(=O)Cc1ccc(NC(=O)C2CCC(C(=O)Nc3ccc(CC(=O)NC)cc3)CC2)cc1. The molecule has 0 heterocycles. The van der Waals surface area contributed by atoms with Crippen LogP contribution >= 0.6 is 0 Å². The molecule has 4 N–H and O–H groups in total. The second-order valence-electron chi connectivity index (χ2n) is 8.62. The number of rotatable bonds is 8. The van der Waals surface area contributed by atoms with Crippen LogP contribution in [0.25, 0.3) is 0 Å². The minimum Gasteiger partial charge on any atom is -0.359 e. The van der Waals surface area contributed by atoms with Crippen molar-refractivity contribution >= 4 is 35.0 Å². The van der Waals surface area contributed by atoms with Gasteiger partial charge in [-0.15, -0.1) is 0 Å². The number of likely N-dealkylation sites (N-methyl/N-ethyl adjacent to an activating group) is 2. The second-order valence-corrected chi connectivity index (χ2v) is 8.62. The van der Waals surface area contributed by atoms with E-state index in [4.69, 9.17) is 0 Å². The molecule has 0 saturated heterocycles. The minimum absolute atomic E-state index is 0.0374. The lowest BCUT2D eigenvalue weighted by atomic mass is 9.81. The third-order valence-corrected chi connectivity index (χ3v) is 6.20. The van der Waals surface area contributed by atoms with Crippen molar-refractivity contribution < 1.29 is 19.2 Å². The molecule has 34 heavy (non-hydrogen) atoms. The fraction of sp³-hybridized carbons (Fsp3) is 0.385. The number of nitrogens with one attached hydrogen (secondary N) is 4. The number of anilines is 2. The summed E-state index contributed by atoms with van der Waals surface area (Å²) in [5.74, 6) is -0.447. The van der Waals surface area contributed by atoms with E-state index in [0.29, 0.717) is 49.9 Å². The second kappa shape index (κ2) is 12.0. The van der Waals surface area contributed by atoms with Crippen LogP contribution < -0.4 is 21.3 Å². The summed E-state index contributed by atoms with van der Waals surface area (Å²) in [4.78, 5) is 48.3. The summed E-state index contributed by atoms with van der Waals surface area (Å²) in [6, 6.07) is 14.5. The predicted octanol–water partition coefficient (Wildman–Crippen LogP) is 2.65. The molecule has 3 rings (SSSR count). The fourth-order valence-electron chi connectivity index (χ4n) is 4.07. The van der Waals surface area contributed by atoms with Gasteiger partial charge in [0, 0.05) is 37.3 Å². The maximum absolute atomic E-state index is 12.7. The Morgan fingerprint density at radius 1 is 0.618 bits per heavy atom. The van der Waals surface area contributed by atoms with Gasteiger partial charge in [0.05, 0.1) is 12.8 Å². The summed E-state index contributed by atoms with van der Waals surface area (Å²) in [6.45, 7) is 0. The number of carbonyl (C=O) groups excluding carboxylic acids is 4. The lowest BCUT2D eigenvalue weighted by Crippen LogP contribution is -2.32. The van der Waals surface area contributed by atoms with Crippen molar-refractivity contribution in [2.24, 2.45) is 11.8 Å². The van der Waals surface area contributed by atoms with E-state index in [-0.39, 0.29) is 35.5 Å². The summed E-state index contributed by atoms with van der Waals surface area (Å²) >= 11 is 0. The first kappa shape index (κ1) is 25.0. The Morgan fingerprint density at radius 3 is 1.24 bits per heavy atom. The topological polar surface area (TPSA) is 116 Å². The summed E-state index contributed by atoms with van der Waals surface area (Å²) < 4.78 is 0. The zero-order chi connectivity index (χ0) is 24.5. The molecular formula is C26H32N4O4. The van der Waals surface area contributed by atoms with Gasteiger partial charge in [-0.05, 0) is 61.1 Å². The zero-order valence-corrected chi connectivity index (χ0v) is 19.6.